The summed E-state index contributed by atoms with van der Waals surface area (Å²) in [5, 5.41) is 2.93. The van der Waals surface area contributed by atoms with Crippen molar-refractivity contribution in [3.63, 3.8) is 0 Å². The Bertz CT molecular complexity index is 219. The molecule has 68 valence electrons. The predicted molar refractivity (Wildman–Crippen MR) is 47.4 cm³/mol. The third-order valence-corrected chi connectivity index (χ3v) is 4.70. The zero-order chi connectivity index (χ0) is 9.28. The molecule has 0 aliphatic heterocycles. The van der Waals surface area contributed by atoms with Gasteiger partial charge in [-0.2, -0.15) is 0 Å². The molecule has 0 aromatic heterocycles. The minimum atomic E-state index is -2.98. The first kappa shape index (κ1) is 10.9. The molecule has 0 rings (SSSR count). The quantitative estimate of drug-likeness (QED) is 0.683. The van der Waals surface area contributed by atoms with Gasteiger partial charge in [-0.15, -0.1) is 0 Å². The van der Waals surface area contributed by atoms with Crippen LogP contribution in [0, 0.1) is 0 Å². The molecule has 0 aliphatic rings. The van der Waals surface area contributed by atoms with Gasteiger partial charge in [-0.3, -0.25) is 0 Å². The van der Waals surface area contributed by atoms with Crippen molar-refractivity contribution >= 4 is 9.84 Å². The van der Waals surface area contributed by atoms with Gasteiger partial charge in [0, 0.05) is 12.3 Å². The van der Waals surface area contributed by atoms with Gasteiger partial charge in [0.15, 0.2) is 9.84 Å². The van der Waals surface area contributed by atoms with Crippen LogP contribution in [-0.2, 0) is 9.84 Å². The summed E-state index contributed by atoms with van der Waals surface area (Å²) in [7, 11) is -1.21. The van der Waals surface area contributed by atoms with Crippen molar-refractivity contribution < 1.29 is 8.42 Å². The number of hydrogen-bond acceptors (Lipinski definition) is 3. The predicted octanol–water partition coefficient (Wildman–Crippen LogP) is 0.418. The van der Waals surface area contributed by atoms with Crippen LogP contribution in [0.15, 0.2) is 0 Å². The molecular formula is C7H17NO2S. The third kappa shape index (κ3) is 2.17. The van der Waals surface area contributed by atoms with Crippen LogP contribution in [0.4, 0.5) is 0 Å². The van der Waals surface area contributed by atoms with E-state index in [9.17, 15) is 8.42 Å². The molecule has 1 N–H and O–H groups in total. The zero-order valence-corrected chi connectivity index (χ0v) is 8.62. The van der Waals surface area contributed by atoms with Crippen molar-refractivity contribution in [3.8, 4) is 0 Å². The Balaban J connectivity index is 4.74. The summed E-state index contributed by atoms with van der Waals surface area (Å²) >= 11 is 0. The fourth-order valence-electron chi connectivity index (χ4n) is 0.669. The Kier molecular flexibility index (Phi) is 3.08. The zero-order valence-electron chi connectivity index (χ0n) is 7.80. The molecule has 1 unspecified atom stereocenters. The van der Waals surface area contributed by atoms with Gasteiger partial charge in [0.05, 0.1) is 4.75 Å². The summed E-state index contributed by atoms with van der Waals surface area (Å²) in [6.45, 7) is 5.31. The molecule has 0 amide bonds. The van der Waals surface area contributed by atoms with Gasteiger partial charge in [-0.05, 0) is 27.8 Å². The van der Waals surface area contributed by atoms with Crippen LogP contribution in [0.25, 0.3) is 0 Å². The van der Waals surface area contributed by atoms with E-state index in [2.05, 4.69) is 5.32 Å². The summed E-state index contributed by atoms with van der Waals surface area (Å²) in [6, 6.07) is -0.0301. The maximum Gasteiger partial charge on any atom is 0.154 e. The van der Waals surface area contributed by atoms with E-state index in [0.29, 0.717) is 0 Å². The number of hydrogen-bond donors (Lipinski definition) is 1. The van der Waals surface area contributed by atoms with Gasteiger partial charge < -0.3 is 5.32 Å². The maximum atomic E-state index is 11.2. The second-order valence-corrected chi connectivity index (χ2v) is 5.98. The lowest BCUT2D eigenvalue weighted by Crippen LogP contribution is -2.48. The van der Waals surface area contributed by atoms with Crippen LogP contribution in [0.5, 0.6) is 0 Å². The summed E-state index contributed by atoms with van der Waals surface area (Å²) < 4.78 is 21.7. The molecule has 0 saturated carbocycles. The van der Waals surface area contributed by atoms with Gasteiger partial charge in [0.1, 0.15) is 0 Å². The van der Waals surface area contributed by atoms with E-state index in [0.717, 1.165) is 0 Å². The molecular weight excluding hydrogens is 162 g/mol. The fourth-order valence-corrected chi connectivity index (χ4v) is 1.43. The van der Waals surface area contributed by atoms with E-state index < -0.39 is 14.6 Å². The molecule has 0 bridgehead atoms. The summed E-state index contributed by atoms with van der Waals surface area (Å²) in [6.07, 6.45) is 1.26. The van der Waals surface area contributed by atoms with Gasteiger partial charge in [0.25, 0.3) is 0 Å². The summed E-state index contributed by atoms with van der Waals surface area (Å²) in [4.78, 5) is 0. The molecule has 11 heavy (non-hydrogen) atoms. The van der Waals surface area contributed by atoms with Gasteiger partial charge in [-0.1, -0.05) is 0 Å². The molecule has 4 heteroatoms. The Morgan fingerprint density at radius 1 is 1.36 bits per heavy atom. The molecule has 0 heterocycles. The van der Waals surface area contributed by atoms with Crippen LogP contribution < -0.4 is 5.32 Å². The Morgan fingerprint density at radius 2 is 1.73 bits per heavy atom. The fraction of sp³-hybridized carbons (Fsp3) is 1.00. The first-order valence-electron chi connectivity index (χ1n) is 3.60. The lowest BCUT2D eigenvalue weighted by Gasteiger charge is -2.29. The molecule has 0 saturated heterocycles. The third-order valence-electron chi connectivity index (χ3n) is 2.43. The molecule has 0 fully saturated rings. The molecule has 0 aromatic rings. The Morgan fingerprint density at radius 3 is 1.82 bits per heavy atom. The van der Waals surface area contributed by atoms with Crippen LogP contribution in [-0.4, -0.2) is 32.5 Å². The maximum absolute atomic E-state index is 11.2. The lowest BCUT2D eigenvalue weighted by molar-refractivity contribution is 0.459. The molecule has 3 nitrogen and oxygen atoms in total. The van der Waals surface area contributed by atoms with Crippen molar-refractivity contribution in [2.75, 3.05) is 13.3 Å². The van der Waals surface area contributed by atoms with Crippen LogP contribution >= 0.6 is 0 Å². The average Bonchev–Trinajstić information content (AvgIpc) is 1.83. The highest BCUT2D eigenvalue weighted by molar-refractivity contribution is 7.92. The topological polar surface area (TPSA) is 46.2 Å². The second kappa shape index (κ2) is 3.11. The normalized spacial score (nSPS) is 16.5. The first-order valence-corrected chi connectivity index (χ1v) is 5.49. The van der Waals surface area contributed by atoms with E-state index in [-0.39, 0.29) is 6.04 Å². The van der Waals surface area contributed by atoms with Crippen molar-refractivity contribution in [3.05, 3.63) is 0 Å². The monoisotopic (exact) mass is 179 g/mol. The molecule has 0 spiro atoms. The van der Waals surface area contributed by atoms with Crippen molar-refractivity contribution in [2.24, 2.45) is 0 Å². The first-order chi connectivity index (χ1) is 4.73. The minimum Gasteiger partial charge on any atom is -0.316 e. The van der Waals surface area contributed by atoms with Gasteiger partial charge in [-0.25, -0.2) is 8.42 Å². The molecule has 0 radical (unpaired) electrons. The van der Waals surface area contributed by atoms with E-state index in [4.69, 9.17) is 0 Å². The molecule has 0 aliphatic carbocycles. The summed E-state index contributed by atoms with van der Waals surface area (Å²) in [5.41, 5.74) is 0. The van der Waals surface area contributed by atoms with Crippen LogP contribution in [0.2, 0.25) is 0 Å². The van der Waals surface area contributed by atoms with Crippen molar-refractivity contribution in [1.82, 2.24) is 5.32 Å². The Labute approximate surface area is 69.1 Å². The highest BCUT2D eigenvalue weighted by Crippen LogP contribution is 2.19. The smallest absolute Gasteiger partial charge is 0.154 e. The van der Waals surface area contributed by atoms with E-state index in [1.165, 1.54) is 6.26 Å². The van der Waals surface area contributed by atoms with Gasteiger partial charge >= 0.3 is 0 Å². The van der Waals surface area contributed by atoms with E-state index >= 15 is 0 Å². The number of rotatable bonds is 3. The van der Waals surface area contributed by atoms with Crippen LogP contribution in [0.1, 0.15) is 20.8 Å². The highest BCUT2D eigenvalue weighted by atomic mass is 32.2. The number of sulfone groups is 1. The highest BCUT2D eigenvalue weighted by Gasteiger charge is 2.35. The van der Waals surface area contributed by atoms with E-state index in [1.54, 1.807) is 20.9 Å². The SMILES string of the molecule is CNC(C)C(C)(C)S(C)(=O)=O. The minimum absolute atomic E-state index is 0.0301. The van der Waals surface area contributed by atoms with E-state index in [1.807, 2.05) is 6.92 Å². The molecule has 1 atom stereocenters. The summed E-state index contributed by atoms with van der Waals surface area (Å²) in [5.74, 6) is 0. The molecule has 0 aromatic carbocycles. The van der Waals surface area contributed by atoms with Gasteiger partial charge in [0.2, 0.25) is 0 Å². The largest absolute Gasteiger partial charge is 0.316 e. The standard InChI is InChI=1S/C7H17NO2S/c1-6(8-4)7(2,3)11(5,9)10/h6,8H,1-5H3. The van der Waals surface area contributed by atoms with Crippen LogP contribution in [0.3, 0.4) is 0 Å². The van der Waals surface area contributed by atoms with Crippen molar-refractivity contribution in [2.45, 2.75) is 31.6 Å². The Hall–Kier alpha value is -0.0900. The lowest BCUT2D eigenvalue weighted by atomic mass is 10.1. The number of nitrogens with one attached hydrogen (secondary N) is 1. The second-order valence-electron chi connectivity index (χ2n) is 3.39. The van der Waals surface area contributed by atoms with Crippen molar-refractivity contribution in [1.29, 1.82) is 0 Å². The average molecular weight is 179 g/mol.